The molecular weight excluding hydrogens is 410 g/mol. The molecule has 0 atom stereocenters. The standard InChI is InChI=1S/C27H31N5O/c1-4-5-12-32-13-9-23(10-14-32)30-27(33)24-8-11-29-26-7-6-21(16-25(24)26)22-15-20(17-28-18-22)19-31(2)3/h6-8,11,15-18,23H,9-10,12-14,19H2,1-3H3,(H,30,33). The summed E-state index contributed by atoms with van der Waals surface area (Å²) in [5.41, 5.74) is 4.70. The fourth-order valence-corrected chi connectivity index (χ4v) is 4.31. The highest BCUT2D eigenvalue weighted by molar-refractivity contribution is 6.07. The average Bonchev–Trinajstić information content (AvgIpc) is 2.82. The third-order valence-electron chi connectivity index (χ3n) is 6.02. The van der Waals surface area contributed by atoms with Crippen molar-refractivity contribution in [3.05, 3.63) is 60.0 Å². The number of aromatic nitrogens is 2. The number of likely N-dealkylation sites (tertiary alicyclic amines) is 1. The first-order chi connectivity index (χ1) is 16.0. The molecule has 1 fully saturated rings. The highest BCUT2D eigenvalue weighted by Crippen LogP contribution is 2.26. The molecule has 0 aliphatic carbocycles. The highest BCUT2D eigenvalue weighted by atomic mass is 16.1. The second kappa shape index (κ2) is 10.6. The largest absolute Gasteiger partial charge is 0.349 e. The lowest BCUT2D eigenvalue weighted by molar-refractivity contribution is 0.0916. The van der Waals surface area contributed by atoms with E-state index in [4.69, 9.17) is 0 Å². The minimum Gasteiger partial charge on any atom is -0.349 e. The minimum absolute atomic E-state index is 0.0363. The molecule has 170 valence electrons. The van der Waals surface area contributed by atoms with Crippen LogP contribution in [0.4, 0.5) is 0 Å². The molecule has 1 aliphatic rings. The molecular formula is C27H31N5O. The van der Waals surface area contributed by atoms with E-state index >= 15 is 0 Å². The molecule has 0 saturated carbocycles. The molecule has 0 bridgehead atoms. The molecule has 1 amide bonds. The van der Waals surface area contributed by atoms with Crippen molar-refractivity contribution in [1.29, 1.82) is 0 Å². The number of hydrogen-bond acceptors (Lipinski definition) is 5. The summed E-state index contributed by atoms with van der Waals surface area (Å²) in [6.45, 7) is 5.41. The van der Waals surface area contributed by atoms with Gasteiger partial charge in [-0.15, -0.1) is 5.92 Å². The van der Waals surface area contributed by atoms with Crippen molar-refractivity contribution >= 4 is 16.8 Å². The van der Waals surface area contributed by atoms with Gasteiger partial charge in [0.1, 0.15) is 0 Å². The Balaban J connectivity index is 1.54. The van der Waals surface area contributed by atoms with Crippen LogP contribution in [0.15, 0.2) is 48.9 Å². The summed E-state index contributed by atoms with van der Waals surface area (Å²) in [4.78, 5) is 26.6. The molecule has 0 unspecified atom stereocenters. The zero-order valence-electron chi connectivity index (χ0n) is 19.6. The van der Waals surface area contributed by atoms with E-state index in [1.54, 1.807) is 6.20 Å². The Morgan fingerprint density at radius 3 is 2.73 bits per heavy atom. The van der Waals surface area contributed by atoms with Crippen LogP contribution in [0.5, 0.6) is 0 Å². The van der Waals surface area contributed by atoms with Crippen molar-refractivity contribution < 1.29 is 4.79 Å². The first-order valence-corrected chi connectivity index (χ1v) is 11.4. The minimum atomic E-state index is -0.0363. The Kier molecular flexibility index (Phi) is 7.33. The Morgan fingerprint density at radius 1 is 1.15 bits per heavy atom. The molecule has 2 aromatic heterocycles. The van der Waals surface area contributed by atoms with E-state index in [1.165, 1.54) is 0 Å². The summed E-state index contributed by atoms with van der Waals surface area (Å²) in [5.74, 6) is 6.04. The van der Waals surface area contributed by atoms with Crippen LogP contribution in [0.3, 0.4) is 0 Å². The fraction of sp³-hybridized carbons (Fsp3) is 0.370. The van der Waals surface area contributed by atoms with Gasteiger partial charge in [0.05, 0.1) is 17.6 Å². The molecule has 6 nitrogen and oxygen atoms in total. The maximum atomic E-state index is 13.2. The number of nitrogens with zero attached hydrogens (tertiary/aromatic N) is 4. The van der Waals surface area contributed by atoms with Gasteiger partial charge in [-0.1, -0.05) is 12.0 Å². The lowest BCUT2D eigenvalue weighted by Gasteiger charge is -2.31. The van der Waals surface area contributed by atoms with Crippen molar-refractivity contribution in [3.63, 3.8) is 0 Å². The van der Waals surface area contributed by atoms with Gasteiger partial charge in [-0.05, 0) is 69.3 Å². The first kappa shape index (κ1) is 22.9. The van der Waals surface area contributed by atoms with Crippen molar-refractivity contribution in [1.82, 2.24) is 25.1 Å². The molecule has 0 spiro atoms. The smallest absolute Gasteiger partial charge is 0.252 e. The molecule has 1 N–H and O–H groups in total. The van der Waals surface area contributed by atoms with Crippen LogP contribution < -0.4 is 5.32 Å². The quantitative estimate of drug-likeness (QED) is 0.593. The molecule has 3 heterocycles. The Morgan fingerprint density at radius 2 is 1.97 bits per heavy atom. The lowest BCUT2D eigenvalue weighted by Crippen LogP contribution is -2.44. The first-order valence-electron chi connectivity index (χ1n) is 11.4. The number of piperidine rings is 1. The molecule has 1 saturated heterocycles. The van der Waals surface area contributed by atoms with Gasteiger partial charge in [0.25, 0.3) is 5.91 Å². The topological polar surface area (TPSA) is 61.4 Å². The van der Waals surface area contributed by atoms with E-state index in [0.717, 1.165) is 66.6 Å². The molecule has 1 aliphatic heterocycles. The van der Waals surface area contributed by atoms with Gasteiger partial charge < -0.3 is 10.2 Å². The summed E-state index contributed by atoms with van der Waals surface area (Å²) >= 11 is 0. The number of fused-ring (bicyclic) bond motifs is 1. The molecule has 33 heavy (non-hydrogen) atoms. The van der Waals surface area contributed by atoms with Gasteiger partial charge in [-0.2, -0.15) is 0 Å². The zero-order chi connectivity index (χ0) is 23.2. The molecule has 4 rings (SSSR count). The Bertz CT molecular complexity index is 1190. The van der Waals surface area contributed by atoms with Gasteiger partial charge in [-0.25, -0.2) is 0 Å². The molecule has 3 aromatic rings. The molecule has 0 radical (unpaired) electrons. The number of amides is 1. The predicted octanol–water partition coefficient (Wildman–Crippen LogP) is 3.58. The van der Waals surface area contributed by atoms with E-state index in [9.17, 15) is 4.79 Å². The third kappa shape index (κ3) is 5.75. The van der Waals surface area contributed by atoms with Crippen LogP contribution in [-0.2, 0) is 6.54 Å². The van der Waals surface area contributed by atoms with Gasteiger partial charge in [0.2, 0.25) is 0 Å². The maximum absolute atomic E-state index is 13.2. The average molecular weight is 442 g/mol. The van der Waals surface area contributed by atoms with Crippen molar-refractivity contribution in [3.8, 4) is 23.0 Å². The van der Waals surface area contributed by atoms with E-state index < -0.39 is 0 Å². The summed E-state index contributed by atoms with van der Waals surface area (Å²) < 4.78 is 0. The van der Waals surface area contributed by atoms with Gasteiger partial charge >= 0.3 is 0 Å². The van der Waals surface area contributed by atoms with E-state index in [-0.39, 0.29) is 11.9 Å². The number of benzene rings is 1. The summed E-state index contributed by atoms with van der Waals surface area (Å²) in [5, 5.41) is 4.11. The Labute approximate surface area is 196 Å². The summed E-state index contributed by atoms with van der Waals surface area (Å²) in [6, 6.07) is 10.2. The molecule has 6 heteroatoms. The monoisotopic (exact) mass is 441 g/mol. The van der Waals surface area contributed by atoms with Crippen LogP contribution in [0.1, 0.15) is 35.7 Å². The van der Waals surface area contributed by atoms with Gasteiger partial charge in [-0.3, -0.25) is 19.7 Å². The number of carbonyl (C=O) groups excluding carboxylic acids is 1. The summed E-state index contributed by atoms with van der Waals surface area (Å²) in [6.07, 6.45) is 7.35. The van der Waals surface area contributed by atoms with E-state index in [1.807, 2.05) is 51.6 Å². The predicted molar refractivity (Wildman–Crippen MR) is 133 cm³/mol. The molecule has 1 aromatic carbocycles. The van der Waals surface area contributed by atoms with E-state index in [0.29, 0.717) is 5.56 Å². The Hall–Kier alpha value is -3.27. The third-order valence-corrected chi connectivity index (χ3v) is 6.02. The SMILES string of the molecule is CC#CCN1CCC(NC(=O)c2ccnc3ccc(-c4cncc(CN(C)C)c4)cc23)CC1. The fourth-order valence-electron chi connectivity index (χ4n) is 4.31. The lowest BCUT2D eigenvalue weighted by atomic mass is 10.00. The number of carbonyl (C=O) groups is 1. The number of rotatable bonds is 6. The van der Waals surface area contributed by atoms with Crippen molar-refractivity contribution in [2.24, 2.45) is 0 Å². The number of hydrogen-bond donors (Lipinski definition) is 1. The number of nitrogens with one attached hydrogen (secondary N) is 1. The van der Waals surface area contributed by atoms with Crippen LogP contribution in [0, 0.1) is 11.8 Å². The van der Waals surface area contributed by atoms with Gasteiger partial charge in [0.15, 0.2) is 0 Å². The van der Waals surface area contributed by atoms with Crippen LogP contribution in [-0.4, -0.2) is 65.4 Å². The number of pyridine rings is 2. The zero-order valence-corrected chi connectivity index (χ0v) is 19.6. The normalized spacial score (nSPS) is 14.8. The van der Waals surface area contributed by atoms with E-state index in [2.05, 4.69) is 49.1 Å². The van der Waals surface area contributed by atoms with Crippen LogP contribution in [0.2, 0.25) is 0 Å². The van der Waals surface area contributed by atoms with Crippen molar-refractivity contribution in [2.45, 2.75) is 32.4 Å². The second-order valence-corrected chi connectivity index (χ2v) is 8.86. The van der Waals surface area contributed by atoms with Crippen LogP contribution >= 0.6 is 0 Å². The second-order valence-electron chi connectivity index (χ2n) is 8.86. The van der Waals surface area contributed by atoms with Crippen molar-refractivity contribution in [2.75, 3.05) is 33.7 Å². The maximum Gasteiger partial charge on any atom is 0.252 e. The highest BCUT2D eigenvalue weighted by Gasteiger charge is 2.21. The van der Waals surface area contributed by atoms with Gasteiger partial charge in [0, 0.05) is 55.2 Å². The summed E-state index contributed by atoms with van der Waals surface area (Å²) in [7, 11) is 4.09. The van der Waals surface area contributed by atoms with Crippen LogP contribution in [0.25, 0.3) is 22.0 Å².